The van der Waals surface area contributed by atoms with Crippen molar-refractivity contribution < 1.29 is 9.84 Å². The van der Waals surface area contributed by atoms with Crippen molar-refractivity contribution in [3.8, 4) is 0 Å². The van der Waals surface area contributed by atoms with Gasteiger partial charge in [0.2, 0.25) is 0 Å². The van der Waals surface area contributed by atoms with E-state index in [1.54, 1.807) is 0 Å². The van der Waals surface area contributed by atoms with Crippen molar-refractivity contribution in [2.75, 3.05) is 32.8 Å². The number of hydrogen-bond donors (Lipinski definition) is 1. The van der Waals surface area contributed by atoms with E-state index in [9.17, 15) is 5.11 Å². The molecule has 1 N–H and O–H groups in total. The number of benzene rings is 2. The lowest BCUT2D eigenvalue weighted by molar-refractivity contribution is 0.00289. The Bertz CT molecular complexity index is 611. The lowest BCUT2D eigenvalue weighted by Gasteiger charge is -2.36. The average molecular weight is 368 g/mol. The van der Waals surface area contributed by atoms with Crippen LogP contribution in [-0.4, -0.2) is 49.0 Å². The maximum Gasteiger partial charge on any atom is 0.0900 e. The lowest BCUT2D eigenvalue weighted by atomic mass is 9.92. The fourth-order valence-corrected chi connectivity index (χ4v) is 4.37. The molecule has 0 radical (unpaired) electrons. The molecule has 146 valence electrons. The zero-order chi connectivity index (χ0) is 19.1. The molecule has 1 aliphatic heterocycles. The molecule has 1 heterocycles. The van der Waals surface area contributed by atoms with Crippen LogP contribution < -0.4 is 0 Å². The number of aliphatic hydroxyl groups is 1. The summed E-state index contributed by atoms with van der Waals surface area (Å²) in [6, 6.07) is 20.9. The van der Waals surface area contributed by atoms with Gasteiger partial charge >= 0.3 is 0 Å². The summed E-state index contributed by atoms with van der Waals surface area (Å²) in [6.45, 7) is 8.44. The van der Waals surface area contributed by atoms with Crippen LogP contribution in [0.1, 0.15) is 37.3 Å². The van der Waals surface area contributed by atoms with Crippen LogP contribution in [-0.2, 0) is 4.74 Å². The van der Waals surface area contributed by atoms with E-state index in [1.165, 1.54) is 17.5 Å². The molecule has 0 saturated carbocycles. The maximum atomic E-state index is 10.5. The first kappa shape index (κ1) is 20.1. The van der Waals surface area contributed by atoms with Gasteiger partial charge in [0.05, 0.1) is 19.3 Å². The molecule has 3 heteroatoms. The zero-order valence-electron chi connectivity index (χ0n) is 16.6. The van der Waals surface area contributed by atoms with Crippen LogP contribution in [0.5, 0.6) is 0 Å². The summed E-state index contributed by atoms with van der Waals surface area (Å²) in [5.41, 5.74) is 2.49. The normalized spacial score (nSPS) is 22.1. The van der Waals surface area contributed by atoms with Gasteiger partial charge in [0, 0.05) is 25.6 Å². The van der Waals surface area contributed by atoms with E-state index in [0.717, 1.165) is 13.1 Å². The Kier molecular flexibility index (Phi) is 7.45. The molecular weight excluding hydrogens is 334 g/mol. The molecule has 1 saturated heterocycles. The summed E-state index contributed by atoms with van der Waals surface area (Å²) in [5.74, 6) is 1.61. The molecule has 27 heavy (non-hydrogen) atoms. The minimum absolute atomic E-state index is 0.189. The van der Waals surface area contributed by atoms with Crippen molar-refractivity contribution in [3.05, 3.63) is 71.8 Å². The second-order valence-electron chi connectivity index (χ2n) is 8.23. The van der Waals surface area contributed by atoms with Crippen molar-refractivity contribution in [2.24, 2.45) is 11.8 Å². The molecule has 0 aliphatic carbocycles. The monoisotopic (exact) mass is 367 g/mol. The Morgan fingerprint density at radius 2 is 1.41 bits per heavy atom. The smallest absolute Gasteiger partial charge is 0.0900 e. The number of hydrogen-bond acceptors (Lipinski definition) is 3. The SMILES string of the molecule is CC1CC(C)CN(CC(O)COCC(c2ccccc2)c2ccccc2)C1. The van der Waals surface area contributed by atoms with Crippen LogP contribution in [0, 0.1) is 11.8 Å². The summed E-state index contributed by atoms with van der Waals surface area (Å²) in [4.78, 5) is 2.39. The largest absolute Gasteiger partial charge is 0.389 e. The fourth-order valence-electron chi connectivity index (χ4n) is 4.37. The molecule has 2 aromatic rings. The quantitative estimate of drug-likeness (QED) is 0.760. The number of nitrogens with zero attached hydrogens (tertiary/aromatic N) is 1. The molecule has 3 rings (SSSR count). The molecule has 0 spiro atoms. The number of rotatable bonds is 8. The second kappa shape index (κ2) is 10.0. The van der Waals surface area contributed by atoms with E-state index in [2.05, 4.69) is 67.3 Å². The van der Waals surface area contributed by atoms with Gasteiger partial charge in [-0.2, -0.15) is 0 Å². The first-order chi connectivity index (χ1) is 13.1. The van der Waals surface area contributed by atoms with Gasteiger partial charge in [-0.05, 0) is 29.4 Å². The summed E-state index contributed by atoms with van der Waals surface area (Å²) in [5, 5.41) is 10.5. The van der Waals surface area contributed by atoms with Crippen molar-refractivity contribution in [3.63, 3.8) is 0 Å². The Morgan fingerprint density at radius 1 is 0.889 bits per heavy atom. The Morgan fingerprint density at radius 3 is 1.93 bits per heavy atom. The van der Waals surface area contributed by atoms with E-state index in [4.69, 9.17) is 4.74 Å². The van der Waals surface area contributed by atoms with E-state index in [0.29, 0.717) is 31.6 Å². The molecule has 0 amide bonds. The number of likely N-dealkylation sites (tertiary alicyclic amines) is 1. The lowest BCUT2D eigenvalue weighted by Crippen LogP contribution is -2.43. The molecule has 0 aromatic heterocycles. The van der Waals surface area contributed by atoms with E-state index < -0.39 is 6.10 Å². The van der Waals surface area contributed by atoms with Crippen LogP contribution in [0.2, 0.25) is 0 Å². The molecule has 3 unspecified atom stereocenters. The van der Waals surface area contributed by atoms with Crippen molar-refractivity contribution in [1.82, 2.24) is 4.90 Å². The molecule has 3 atom stereocenters. The Hall–Kier alpha value is -1.68. The maximum absolute atomic E-state index is 10.5. The van der Waals surface area contributed by atoms with Crippen molar-refractivity contribution >= 4 is 0 Å². The molecule has 0 bridgehead atoms. The standard InChI is InChI=1S/C24H33NO2/c1-19-13-20(2)15-25(14-19)16-23(26)17-27-18-24(21-9-5-3-6-10-21)22-11-7-4-8-12-22/h3-12,19-20,23-24,26H,13-18H2,1-2H3. The second-order valence-corrected chi connectivity index (χ2v) is 8.23. The van der Waals surface area contributed by atoms with E-state index in [1.807, 2.05) is 12.1 Å². The molecular formula is C24H33NO2. The zero-order valence-corrected chi connectivity index (χ0v) is 16.6. The van der Waals surface area contributed by atoms with Gasteiger partial charge in [-0.15, -0.1) is 0 Å². The van der Waals surface area contributed by atoms with Gasteiger partial charge in [-0.3, -0.25) is 0 Å². The van der Waals surface area contributed by atoms with Gasteiger partial charge < -0.3 is 14.7 Å². The van der Waals surface area contributed by atoms with Gasteiger partial charge in [0.15, 0.2) is 0 Å². The van der Waals surface area contributed by atoms with Gasteiger partial charge in [0.25, 0.3) is 0 Å². The first-order valence-electron chi connectivity index (χ1n) is 10.2. The van der Waals surface area contributed by atoms with Crippen LogP contribution in [0.3, 0.4) is 0 Å². The highest BCUT2D eigenvalue weighted by Gasteiger charge is 2.23. The predicted molar refractivity (Wildman–Crippen MR) is 111 cm³/mol. The third-order valence-electron chi connectivity index (χ3n) is 5.41. The number of ether oxygens (including phenoxy) is 1. The minimum Gasteiger partial charge on any atom is -0.389 e. The van der Waals surface area contributed by atoms with Crippen molar-refractivity contribution in [2.45, 2.75) is 32.3 Å². The Labute approximate surface area is 164 Å². The van der Waals surface area contributed by atoms with E-state index in [-0.39, 0.29) is 5.92 Å². The molecule has 1 fully saturated rings. The fraction of sp³-hybridized carbons (Fsp3) is 0.500. The third kappa shape index (κ3) is 6.17. The molecule has 1 aliphatic rings. The molecule has 3 nitrogen and oxygen atoms in total. The summed E-state index contributed by atoms with van der Waals surface area (Å²) in [6.07, 6.45) is 0.855. The first-order valence-corrected chi connectivity index (χ1v) is 10.2. The topological polar surface area (TPSA) is 32.7 Å². The highest BCUT2D eigenvalue weighted by Crippen LogP contribution is 2.25. The van der Waals surface area contributed by atoms with Gasteiger partial charge in [-0.1, -0.05) is 74.5 Å². The van der Waals surface area contributed by atoms with Crippen LogP contribution in [0.15, 0.2) is 60.7 Å². The van der Waals surface area contributed by atoms with Crippen LogP contribution in [0.25, 0.3) is 0 Å². The summed E-state index contributed by atoms with van der Waals surface area (Å²) >= 11 is 0. The Balaban J connectivity index is 1.53. The minimum atomic E-state index is -0.435. The number of piperidine rings is 1. The predicted octanol–water partition coefficient (Wildman–Crippen LogP) is 4.17. The third-order valence-corrected chi connectivity index (χ3v) is 5.41. The summed E-state index contributed by atoms with van der Waals surface area (Å²) < 4.78 is 5.98. The molecule has 2 aromatic carbocycles. The highest BCUT2D eigenvalue weighted by molar-refractivity contribution is 5.32. The number of aliphatic hydroxyl groups excluding tert-OH is 1. The van der Waals surface area contributed by atoms with Crippen LogP contribution in [0.4, 0.5) is 0 Å². The summed E-state index contributed by atoms with van der Waals surface area (Å²) in [7, 11) is 0. The number of β-amino-alcohol motifs (C(OH)–C–C–N with tert-alkyl or cyclic N) is 1. The van der Waals surface area contributed by atoms with Crippen molar-refractivity contribution in [1.29, 1.82) is 0 Å². The van der Waals surface area contributed by atoms with Gasteiger partial charge in [0.1, 0.15) is 0 Å². The average Bonchev–Trinajstić information content (AvgIpc) is 2.66. The van der Waals surface area contributed by atoms with E-state index >= 15 is 0 Å². The van der Waals surface area contributed by atoms with Gasteiger partial charge in [-0.25, -0.2) is 0 Å². The van der Waals surface area contributed by atoms with Crippen LogP contribution >= 0.6 is 0 Å². The highest BCUT2D eigenvalue weighted by atomic mass is 16.5.